The van der Waals surface area contributed by atoms with Crippen molar-refractivity contribution in [1.29, 1.82) is 0 Å². The number of aryl methyl sites for hydroxylation is 1. The summed E-state index contributed by atoms with van der Waals surface area (Å²) >= 11 is 6.01. The van der Waals surface area contributed by atoms with E-state index in [0.717, 1.165) is 54.9 Å². The van der Waals surface area contributed by atoms with Gasteiger partial charge in [-0.25, -0.2) is 0 Å². The van der Waals surface area contributed by atoms with Crippen molar-refractivity contribution in [3.05, 3.63) is 28.8 Å². The van der Waals surface area contributed by atoms with Crippen LogP contribution in [-0.2, 0) is 4.79 Å². The smallest absolute Gasteiger partial charge is 0.306 e. The van der Waals surface area contributed by atoms with Crippen molar-refractivity contribution in [2.45, 2.75) is 64.5 Å². The highest BCUT2D eigenvalue weighted by Gasteiger charge is 2.26. The molecule has 0 bridgehead atoms. The molecule has 2 rings (SSSR count). The Morgan fingerprint density at radius 3 is 2.71 bits per heavy atom. The van der Waals surface area contributed by atoms with Crippen LogP contribution in [0.3, 0.4) is 0 Å². The second-order valence-electron chi connectivity index (χ2n) is 6.86. The van der Waals surface area contributed by atoms with Gasteiger partial charge in [0.2, 0.25) is 0 Å². The first-order valence-corrected chi connectivity index (χ1v) is 9.21. The first-order chi connectivity index (χ1) is 11.5. The van der Waals surface area contributed by atoms with Crippen LogP contribution in [0.15, 0.2) is 18.2 Å². The molecule has 0 aromatic heterocycles. The van der Waals surface area contributed by atoms with E-state index in [2.05, 4.69) is 12.2 Å². The highest BCUT2D eigenvalue weighted by Crippen LogP contribution is 2.25. The van der Waals surface area contributed by atoms with Crippen LogP contribution in [0.25, 0.3) is 0 Å². The number of carbonyl (C=O) groups is 1. The van der Waals surface area contributed by atoms with Gasteiger partial charge in [0.25, 0.3) is 0 Å². The summed E-state index contributed by atoms with van der Waals surface area (Å²) < 4.78 is 5.77. The lowest BCUT2D eigenvalue weighted by atomic mass is 9.86. The molecule has 1 fully saturated rings. The van der Waals surface area contributed by atoms with Crippen LogP contribution in [0.4, 0.5) is 0 Å². The van der Waals surface area contributed by atoms with Gasteiger partial charge < -0.3 is 15.2 Å². The number of hydrogen-bond donors (Lipinski definition) is 2. The lowest BCUT2D eigenvalue weighted by Crippen LogP contribution is -2.40. The van der Waals surface area contributed by atoms with Crippen molar-refractivity contribution in [2.75, 3.05) is 6.61 Å². The lowest BCUT2D eigenvalue weighted by molar-refractivity contribution is -0.142. The van der Waals surface area contributed by atoms with E-state index < -0.39 is 5.97 Å². The van der Waals surface area contributed by atoms with Crippen molar-refractivity contribution in [2.24, 2.45) is 5.92 Å². The molecule has 0 spiro atoms. The van der Waals surface area contributed by atoms with Crippen molar-refractivity contribution >= 4 is 17.6 Å². The fraction of sp³-hybridized carbons (Fsp3) is 0.632. The van der Waals surface area contributed by atoms with Gasteiger partial charge in [-0.3, -0.25) is 4.79 Å². The van der Waals surface area contributed by atoms with Crippen LogP contribution in [-0.4, -0.2) is 29.8 Å². The maximum atomic E-state index is 11.0. The minimum atomic E-state index is -0.643. The number of benzene rings is 1. The van der Waals surface area contributed by atoms with Crippen LogP contribution < -0.4 is 10.1 Å². The SMILES string of the molecule is Cc1cc(OCCCC(C)NC2CCC(C(=O)O)CC2)ccc1Cl. The molecule has 134 valence electrons. The molecule has 1 aromatic rings. The Morgan fingerprint density at radius 2 is 2.08 bits per heavy atom. The summed E-state index contributed by atoms with van der Waals surface area (Å²) in [5.74, 6) is 0.0789. The average molecular weight is 354 g/mol. The molecule has 1 saturated carbocycles. The first kappa shape index (κ1) is 19.1. The normalized spacial score (nSPS) is 22.1. The second-order valence-corrected chi connectivity index (χ2v) is 7.26. The molecule has 2 N–H and O–H groups in total. The standard InChI is InChI=1S/C19H28ClNO3/c1-13-12-17(9-10-18(13)20)24-11-3-4-14(2)21-16-7-5-15(6-8-16)19(22)23/h9-10,12,14-16,21H,3-8,11H2,1-2H3,(H,22,23). The topological polar surface area (TPSA) is 58.6 Å². The third-order valence-corrected chi connectivity index (χ3v) is 5.20. The molecule has 0 aliphatic heterocycles. The summed E-state index contributed by atoms with van der Waals surface area (Å²) in [6, 6.07) is 6.61. The number of rotatable bonds is 8. The molecule has 1 atom stereocenters. The number of aliphatic carboxylic acids is 1. The van der Waals surface area contributed by atoms with Gasteiger partial charge in [-0.05, 0) is 76.1 Å². The predicted octanol–water partition coefficient (Wildman–Crippen LogP) is 4.43. The van der Waals surface area contributed by atoms with Crippen molar-refractivity contribution in [3.63, 3.8) is 0 Å². The molecule has 1 aromatic carbocycles. The summed E-state index contributed by atoms with van der Waals surface area (Å²) in [7, 11) is 0. The molecule has 1 unspecified atom stereocenters. The maximum absolute atomic E-state index is 11.0. The Kier molecular flexibility index (Phi) is 7.38. The van der Waals surface area contributed by atoms with Gasteiger partial charge in [-0.2, -0.15) is 0 Å². The zero-order chi connectivity index (χ0) is 17.5. The maximum Gasteiger partial charge on any atom is 0.306 e. The van der Waals surface area contributed by atoms with Gasteiger partial charge in [-0.15, -0.1) is 0 Å². The summed E-state index contributed by atoms with van der Waals surface area (Å²) in [4.78, 5) is 11.0. The molecule has 1 aliphatic carbocycles. The fourth-order valence-electron chi connectivity index (χ4n) is 3.28. The molecular formula is C19H28ClNO3. The Balaban J connectivity index is 1.60. The van der Waals surface area contributed by atoms with E-state index >= 15 is 0 Å². The molecule has 4 nitrogen and oxygen atoms in total. The third-order valence-electron chi connectivity index (χ3n) is 4.78. The molecule has 0 saturated heterocycles. The van der Waals surface area contributed by atoms with Gasteiger partial charge in [0.1, 0.15) is 5.75 Å². The lowest BCUT2D eigenvalue weighted by Gasteiger charge is -2.29. The van der Waals surface area contributed by atoms with Gasteiger partial charge >= 0.3 is 5.97 Å². The highest BCUT2D eigenvalue weighted by atomic mass is 35.5. The number of halogens is 1. The number of carboxylic acids is 1. The summed E-state index contributed by atoms with van der Waals surface area (Å²) in [6.07, 6.45) is 5.53. The van der Waals surface area contributed by atoms with Crippen molar-refractivity contribution in [3.8, 4) is 5.75 Å². The van der Waals surface area contributed by atoms with Crippen molar-refractivity contribution < 1.29 is 14.6 Å². The fourth-order valence-corrected chi connectivity index (χ4v) is 3.40. The van der Waals surface area contributed by atoms with Gasteiger partial charge in [0.15, 0.2) is 0 Å². The van der Waals surface area contributed by atoms with E-state index in [-0.39, 0.29) is 5.92 Å². The number of hydrogen-bond acceptors (Lipinski definition) is 3. The molecule has 24 heavy (non-hydrogen) atoms. The molecule has 1 aliphatic rings. The first-order valence-electron chi connectivity index (χ1n) is 8.83. The van der Waals surface area contributed by atoms with E-state index in [0.29, 0.717) is 18.7 Å². The van der Waals surface area contributed by atoms with Crippen LogP contribution >= 0.6 is 11.6 Å². The quantitative estimate of drug-likeness (QED) is 0.679. The number of nitrogens with one attached hydrogen (secondary N) is 1. The largest absolute Gasteiger partial charge is 0.494 e. The highest BCUT2D eigenvalue weighted by molar-refractivity contribution is 6.31. The number of ether oxygens (including phenoxy) is 1. The Morgan fingerprint density at radius 1 is 1.38 bits per heavy atom. The monoisotopic (exact) mass is 353 g/mol. The van der Waals surface area contributed by atoms with Crippen LogP contribution in [0.2, 0.25) is 5.02 Å². The Hall–Kier alpha value is -1.26. The van der Waals surface area contributed by atoms with Gasteiger partial charge in [-0.1, -0.05) is 11.6 Å². The van der Waals surface area contributed by atoms with E-state index in [1.54, 1.807) is 0 Å². The van der Waals surface area contributed by atoms with Crippen LogP contribution in [0, 0.1) is 12.8 Å². The van der Waals surface area contributed by atoms with Crippen LogP contribution in [0.5, 0.6) is 5.75 Å². The van der Waals surface area contributed by atoms with Crippen LogP contribution in [0.1, 0.15) is 51.0 Å². The summed E-state index contributed by atoms with van der Waals surface area (Å²) in [5, 5.41) is 13.4. The second kappa shape index (κ2) is 9.28. The molecule has 0 heterocycles. The summed E-state index contributed by atoms with van der Waals surface area (Å²) in [6.45, 7) is 4.86. The number of carboxylic acid groups (broad SMARTS) is 1. The molecule has 5 heteroatoms. The van der Waals surface area contributed by atoms with Gasteiger partial charge in [0.05, 0.1) is 12.5 Å². The van der Waals surface area contributed by atoms with Gasteiger partial charge in [0, 0.05) is 17.1 Å². The average Bonchev–Trinajstić information content (AvgIpc) is 2.55. The van der Waals surface area contributed by atoms with E-state index in [9.17, 15) is 4.79 Å². The van der Waals surface area contributed by atoms with E-state index in [4.69, 9.17) is 21.4 Å². The Bertz CT molecular complexity index is 541. The molecule has 0 radical (unpaired) electrons. The van der Waals surface area contributed by atoms with E-state index in [1.807, 2.05) is 25.1 Å². The Labute approximate surface area is 149 Å². The zero-order valence-corrected chi connectivity index (χ0v) is 15.3. The minimum Gasteiger partial charge on any atom is -0.494 e. The predicted molar refractivity (Wildman–Crippen MR) is 96.9 cm³/mol. The molecular weight excluding hydrogens is 326 g/mol. The summed E-state index contributed by atoms with van der Waals surface area (Å²) in [5.41, 5.74) is 1.03. The van der Waals surface area contributed by atoms with Crippen molar-refractivity contribution in [1.82, 2.24) is 5.32 Å². The minimum absolute atomic E-state index is 0.144. The zero-order valence-electron chi connectivity index (χ0n) is 14.6. The molecule has 0 amide bonds. The third kappa shape index (κ3) is 5.99. The van der Waals surface area contributed by atoms with E-state index in [1.165, 1.54) is 0 Å².